The Labute approximate surface area is 135 Å². The molecule has 1 heterocycles. The fourth-order valence-electron chi connectivity index (χ4n) is 4.18. The van der Waals surface area contributed by atoms with Crippen molar-refractivity contribution in [1.82, 2.24) is 4.90 Å². The van der Waals surface area contributed by atoms with E-state index in [1.54, 1.807) is 0 Å². The summed E-state index contributed by atoms with van der Waals surface area (Å²) >= 11 is 0. The SMILES string of the molecule is CCCCOc1ccc(CN2CCC[C@@H]3CCCC[C@H]32)cc1. The second kappa shape index (κ2) is 8.01. The van der Waals surface area contributed by atoms with Crippen LogP contribution in [-0.4, -0.2) is 24.1 Å². The molecular weight excluding hydrogens is 270 g/mol. The van der Waals surface area contributed by atoms with E-state index in [2.05, 4.69) is 36.1 Å². The van der Waals surface area contributed by atoms with Gasteiger partial charge in [-0.2, -0.15) is 0 Å². The highest BCUT2D eigenvalue weighted by Crippen LogP contribution is 2.36. The zero-order valence-corrected chi connectivity index (χ0v) is 14.1. The van der Waals surface area contributed by atoms with Crippen LogP contribution in [0.25, 0.3) is 0 Å². The highest BCUT2D eigenvalue weighted by Gasteiger charge is 2.32. The molecule has 1 saturated heterocycles. The fraction of sp³-hybridized carbons (Fsp3) is 0.700. The molecule has 122 valence electrons. The van der Waals surface area contributed by atoms with E-state index in [1.165, 1.54) is 57.1 Å². The smallest absolute Gasteiger partial charge is 0.119 e. The van der Waals surface area contributed by atoms with Gasteiger partial charge in [-0.25, -0.2) is 0 Å². The quantitative estimate of drug-likeness (QED) is 0.684. The number of rotatable bonds is 6. The molecule has 1 aliphatic heterocycles. The number of likely N-dealkylation sites (tertiary alicyclic amines) is 1. The summed E-state index contributed by atoms with van der Waals surface area (Å²) in [5, 5.41) is 0. The number of hydrogen-bond donors (Lipinski definition) is 0. The Morgan fingerprint density at radius 2 is 1.82 bits per heavy atom. The lowest BCUT2D eigenvalue weighted by Gasteiger charge is -2.44. The van der Waals surface area contributed by atoms with Gasteiger partial charge in [0.25, 0.3) is 0 Å². The summed E-state index contributed by atoms with van der Waals surface area (Å²) in [6.45, 7) is 5.45. The molecule has 0 unspecified atom stereocenters. The number of unbranched alkanes of at least 4 members (excludes halogenated alkanes) is 1. The number of fused-ring (bicyclic) bond motifs is 1. The van der Waals surface area contributed by atoms with E-state index >= 15 is 0 Å². The largest absolute Gasteiger partial charge is 0.494 e. The first-order valence-corrected chi connectivity index (χ1v) is 9.32. The Kier molecular flexibility index (Phi) is 5.77. The third-order valence-corrected chi connectivity index (χ3v) is 5.43. The number of nitrogens with zero attached hydrogens (tertiary/aromatic N) is 1. The number of benzene rings is 1. The van der Waals surface area contributed by atoms with Crippen LogP contribution in [0.2, 0.25) is 0 Å². The Morgan fingerprint density at radius 1 is 1.05 bits per heavy atom. The third kappa shape index (κ3) is 4.04. The summed E-state index contributed by atoms with van der Waals surface area (Å²) in [6.07, 6.45) is 11.0. The summed E-state index contributed by atoms with van der Waals surface area (Å²) in [6, 6.07) is 9.66. The number of ether oxygens (including phenoxy) is 1. The second-order valence-corrected chi connectivity index (χ2v) is 7.07. The van der Waals surface area contributed by atoms with Crippen molar-refractivity contribution in [3.63, 3.8) is 0 Å². The normalized spacial score (nSPS) is 25.7. The molecule has 2 nitrogen and oxygen atoms in total. The van der Waals surface area contributed by atoms with Gasteiger partial charge in [0.1, 0.15) is 5.75 Å². The minimum atomic E-state index is 0.839. The summed E-state index contributed by atoms with van der Waals surface area (Å²) in [4.78, 5) is 2.75. The van der Waals surface area contributed by atoms with Gasteiger partial charge >= 0.3 is 0 Å². The summed E-state index contributed by atoms with van der Waals surface area (Å²) in [5.41, 5.74) is 1.44. The molecule has 1 saturated carbocycles. The van der Waals surface area contributed by atoms with Gasteiger partial charge in [-0.3, -0.25) is 4.90 Å². The number of hydrogen-bond acceptors (Lipinski definition) is 2. The van der Waals surface area contributed by atoms with Crippen LogP contribution in [0.4, 0.5) is 0 Å². The van der Waals surface area contributed by atoms with Crippen molar-refractivity contribution in [2.24, 2.45) is 5.92 Å². The lowest BCUT2D eigenvalue weighted by Crippen LogP contribution is -2.46. The first-order valence-electron chi connectivity index (χ1n) is 9.32. The average Bonchev–Trinajstić information content (AvgIpc) is 2.57. The molecule has 2 heteroatoms. The molecule has 0 aromatic heterocycles. The van der Waals surface area contributed by atoms with E-state index < -0.39 is 0 Å². The van der Waals surface area contributed by atoms with E-state index in [1.807, 2.05) is 0 Å². The van der Waals surface area contributed by atoms with Crippen molar-refractivity contribution in [2.75, 3.05) is 13.2 Å². The van der Waals surface area contributed by atoms with Crippen molar-refractivity contribution in [1.29, 1.82) is 0 Å². The lowest BCUT2D eigenvalue weighted by molar-refractivity contribution is 0.0547. The molecule has 0 spiro atoms. The van der Waals surface area contributed by atoms with Crippen LogP contribution in [0.1, 0.15) is 63.9 Å². The van der Waals surface area contributed by atoms with Crippen molar-refractivity contribution >= 4 is 0 Å². The summed E-state index contributed by atoms with van der Waals surface area (Å²) in [5.74, 6) is 1.99. The maximum Gasteiger partial charge on any atom is 0.119 e. The predicted octanol–water partition coefficient (Wildman–Crippen LogP) is 5.02. The van der Waals surface area contributed by atoms with E-state index in [4.69, 9.17) is 4.74 Å². The topological polar surface area (TPSA) is 12.5 Å². The van der Waals surface area contributed by atoms with Gasteiger partial charge in [0, 0.05) is 12.6 Å². The molecule has 2 fully saturated rings. The summed E-state index contributed by atoms with van der Waals surface area (Å²) < 4.78 is 5.76. The molecule has 1 aliphatic carbocycles. The van der Waals surface area contributed by atoms with E-state index in [-0.39, 0.29) is 0 Å². The molecule has 0 N–H and O–H groups in total. The lowest BCUT2D eigenvalue weighted by atomic mass is 9.78. The monoisotopic (exact) mass is 301 g/mol. The van der Waals surface area contributed by atoms with Gasteiger partial charge in [-0.05, 0) is 62.3 Å². The van der Waals surface area contributed by atoms with Gasteiger partial charge in [-0.1, -0.05) is 38.3 Å². The molecule has 1 aromatic carbocycles. The Morgan fingerprint density at radius 3 is 2.64 bits per heavy atom. The van der Waals surface area contributed by atoms with Crippen LogP contribution in [0, 0.1) is 5.92 Å². The minimum Gasteiger partial charge on any atom is -0.494 e. The van der Waals surface area contributed by atoms with Gasteiger partial charge in [0.2, 0.25) is 0 Å². The Hall–Kier alpha value is -1.02. The molecule has 0 radical (unpaired) electrons. The molecule has 3 rings (SSSR count). The predicted molar refractivity (Wildman–Crippen MR) is 92.2 cm³/mol. The number of piperidine rings is 1. The highest BCUT2D eigenvalue weighted by molar-refractivity contribution is 5.27. The maximum atomic E-state index is 5.76. The maximum absolute atomic E-state index is 5.76. The first-order chi connectivity index (χ1) is 10.9. The standard InChI is InChI=1S/C20H31NO/c1-2-3-15-22-19-12-10-17(11-13-19)16-21-14-6-8-18-7-4-5-9-20(18)21/h10-13,18,20H,2-9,14-16H2,1H3/t18-,20+/m0/s1. The first kappa shape index (κ1) is 15.9. The van der Waals surface area contributed by atoms with E-state index in [9.17, 15) is 0 Å². The van der Waals surface area contributed by atoms with Gasteiger partial charge in [0.15, 0.2) is 0 Å². The van der Waals surface area contributed by atoms with Crippen molar-refractivity contribution in [3.05, 3.63) is 29.8 Å². The van der Waals surface area contributed by atoms with Gasteiger partial charge in [-0.15, -0.1) is 0 Å². The Balaban J connectivity index is 1.55. The molecule has 0 amide bonds. The Bertz CT molecular complexity index is 440. The van der Waals surface area contributed by atoms with Gasteiger partial charge in [0.05, 0.1) is 6.61 Å². The fourth-order valence-corrected chi connectivity index (χ4v) is 4.18. The molecule has 0 bridgehead atoms. The molecular formula is C20H31NO. The van der Waals surface area contributed by atoms with E-state index in [0.29, 0.717) is 0 Å². The van der Waals surface area contributed by atoms with Gasteiger partial charge < -0.3 is 4.74 Å². The average molecular weight is 301 g/mol. The zero-order chi connectivity index (χ0) is 15.2. The molecule has 2 atom stereocenters. The second-order valence-electron chi connectivity index (χ2n) is 7.07. The van der Waals surface area contributed by atoms with Crippen molar-refractivity contribution in [3.8, 4) is 5.75 Å². The van der Waals surface area contributed by atoms with Crippen LogP contribution < -0.4 is 4.74 Å². The molecule has 1 aromatic rings. The van der Waals surface area contributed by atoms with Crippen molar-refractivity contribution < 1.29 is 4.74 Å². The van der Waals surface area contributed by atoms with E-state index in [0.717, 1.165) is 37.3 Å². The summed E-state index contributed by atoms with van der Waals surface area (Å²) in [7, 11) is 0. The van der Waals surface area contributed by atoms with Crippen LogP contribution in [0.15, 0.2) is 24.3 Å². The third-order valence-electron chi connectivity index (χ3n) is 5.43. The molecule has 22 heavy (non-hydrogen) atoms. The van der Waals surface area contributed by atoms with Crippen LogP contribution in [0.3, 0.4) is 0 Å². The van der Waals surface area contributed by atoms with Crippen LogP contribution in [-0.2, 0) is 6.54 Å². The van der Waals surface area contributed by atoms with Crippen LogP contribution in [0.5, 0.6) is 5.75 Å². The zero-order valence-electron chi connectivity index (χ0n) is 14.1. The molecule has 2 aliphatic rings. The highest BCUT2D eigenvalue weighted by atomic mass is 16.5. The minimum absolute atomic E-state index is 0.839. The van der Waals surface area contributed by atoms with Crippen LogP contribution >= 0.6 is 0 Å². The van der Waals surface area contributed by atoms with Crippen molar-refractivity contribution in [2.45, 2.75) is 70.9 Å².